The largest absolute Gasteiger partial charge is 0.497 e. The molecule has 5 aliphatic rings. The van der Waals surface area contributed by atoms with Crippen LogP contribution in [0.5, 0.6) is 11.6 Å². The highest BCUT2D eigenvalue weighted by Crippen LogP contribution is 2.58. The molecule has 400 valence electrons. The van der Waals surface area contributed by atoms with Gasteiger partial charge in [-0.1, -0.05) is 13.3 Å². The number of hydrogen-bond acceptors (Lipinski definition) is 16. The number of rotatable bonds is 19. The first-order chi connectivity index (χ1) is 33.7. The minimum Gasteiger partial charge on any atom is -0.497 e. The number of likely N-dealkylation sites (tertiary alicyclic amines) is 1. The first-order valence-corrected chi connectivity index (χ1v) is 26.7. The van der Waals surface area contributed by atoms with Crippen LogP contribution < -0.4 is 14.2 Å². The van der Waals surface area contributed by atoms with Crippen LogP contribution in [0.3, 0.4) is 0 Å². The van der Waals surface area contributed by atoms with Gasteiger partial charge in [-0.15, -0.1) is 0 Å². The van der Waals surface area contributed by atoms with E-state index in [0.717, 1.165) is 10.8 Å². The maximum absolute atomic E-state index is 14.8. The molecule has 3 aliphatic heterocycles. The molecule has 1 aromatic carbocycles. The number of esters is 2. The molecule has 7 rings (SSSR count). The fraction of sp³-hybridized carbons (Fsp3) is 0.712. The highest BCUT2D eigenvalue weighted by molar-refractivity contribution is 7.85. The number of pyridine rings is 1. The van der Waals surface area contributed by atoms with Gasteiger partial charge in [0, 0.05) is 50.9 Å². The summed E-state index contributed by atoms with van der Waals surface area (Å²) in [4.78, 5) is 85.1. The van der Waals surface area contributed by atoms with Gasteiger partial charge in [0.05, 0.1) is 55.4 Å². The van der Waals surface area contributed by atoms with Gasteiger partial charge >= 0.3 is 28.2 Å². The van der Waals surface area contributed by atoms with Crippen LogP contribution in [0.15, 0.2) is 30.5 Å². The first kappa shape index (κ1) is 56.4. The Morgan fingerprint density at radius 1 is 0.875 bits per heavy atom. The number of carbonyl (C=O) groups is 6. The summed E-state index contributed by atoms with van der Waals surface area (Å²) in [7, 11) is -2.83. The van der Waals surface area contributed by atoms with Crippen LogP contribution in [0.4, 0.5) is 0 Å². The lowest BCUT2D eigenvalue weighted by Crippen LogP contribution is -2.48. The molecule has 0 radical (unpaired) electrons. The molecular formula is C52H75N3O16S. The van der Waals surface area contributed by atoms with E-state index in [4.69, 9.17) is 32.6 Å². The Balaban J connectivity index is 0.000000397. The maximum Gasteiger partial charge on any atom is 0.362 e. The van der Waals surface area contributed by atoms with Crippen LogP contribution >= 0.6 is 0 Å². The van der Waals surface area contributed by atoms with Gasteiger partial charge in [-0.25, -0.2) is 13.9 Å². The smallest absolute Gasteiger partial charge is 0.362 e. The van der Waals surface area contributed by atoms with Crippen molar-refractivity contribution in [3.05, 3.63) is 30.5 Å². The summed E-state index contributed by atoms with van der Waals surface area (Å²) >= 11 is 0. The number of aromatic nitrogens is 1. The second-order valence-electron chi connectivity index (χ2n) is 22.2. The van der Waals surface area contributed by atoms with Crippen molar-refractivity contribution in [3.8, 4) is 11.6 Å². The molecule has 2 amide bonds. The fourth-order valence-corrected chi connectivity index (χ4v) is 11.3. The number of fused-ring (bicyclic) bond motifs is 1. The molecule has 0 unspecified atom stereocenters. The van der Waals surface area contributed by atoms with Gasteiger partial charge in [0.2, 0.25) is 17.7 Å². The van der Waals surface area contributed by atoms with Crippen molar-refractivity contribution in [2.24, 2.45) is 35.0 Å². The monoisotopic (exact) mass is 1030 g/mol. The predicted molar refractivity (Wildman–Crippen MR) is 262 cm³/mol. The Hall–Kier alpha value is -4.92. The molecule has 0 spiro atoms. The first-order valence-electron chi connectivity index (χ1n) is 25.3. The molecule has 2 aliphatic carbocycles. The van der Waals surface area contributed by atoms with Gasteiger partial charge in [0.25, 0.3) is 0 Å². The van der Waals surface area contributed by atoms with Crippen LogP contribution in [0, 0.1) is 35.0 Å². The van der Waals surface area contributed by atoms with Crippen molar-refractivity contribution in [1.29, 1.82) is 0 Å². The summed E-state index contributed by atoms with van der Waals surface area (Å²) in [6.45, 7) is 16.2. The summed E-state index contributed by atoms with van der Waals surface area (Å²) in [5.74, 6) is -4.29. The lowest BCUT2D eigenvalue weighted by atomic mass is 9.82. The van der Waals surface area contributed by atoms with Crippen molar-refractivity contribution in [2.45, 2.75) is 161 Å². The third kappa shape index (κ3) is 15.3. The molecule has 5 fully saturated rings. The normalized spacial score (nSPS) is 24.2. The van der Waals surface area contributed by atoms with Crippen molar-refractivity contribution < 1.29 is 74.9 Å². The third-order valence-electron chi connectivity index (χ3n) is 14.2. The van der Waals surface area contributed by atoms with E-state index in [1.54, 1.807) is 67.8 Å². The molecule has 6 atom stereocenters. The third-order valence-corrected chi connectivity index (χ3v) is 15.3. The number of carboxylic acid groups (broad SMARTS) is 1. The Morgan fingerprint density at radius 2 is 1.44 bits per heavy atom. The molecule has 0 bridgehead atoms. The molecule has 2 aromatic rings. The number of methoxy groups -OCH3 is 1. The van der Waals surface area contributed by atoms with E-state index in [-0.39, 0.29) is 61.7 Å². The standard InChI is InChI=1S/C39H53N3O11S.C13H22O5/c1-7-26-21-39(26,36(46)41-54(47,48)53-38(5)13-14-38)22-32(43)31-19-28(51-34-29-9-8-27(49-6)18-25(29)10-15-40-34)23-42(31)35(45)30(24-11-16-50-17-12-24)20-33(44)52-37(2,3)4;1-13(2,3)18-11(14)8-10(12(15)16)9-4-6-17-7-5-9/h8-10,15,18,24,26,28,30-31H,7,11-14,16-17,19-23H2,1-6H3,(H,41,46);9-10H,4-8H2,1-3H3,(H,15,16)/t26-,28-,30+,31+,39-;10-/m10/s1. The van der Waals surface area contributed by atoms with E-state index in [1.165, 1.54) is 4.90 Å². The Morgan fingerprint density at radius 3 is 1.96 bits per heavy atom. The number of carbonyl (C=O) groups excluding carboxylic acids is 5. The van der Waals surface area contributed by atoms with E-state index < -0.39 is 80.3 Å². The number of carboxylic acids is 1. The Bertz CT molecular complexity index is 2400. The van der Waals surface area contributed by atoms with Gasteiger partial charge in [-0.05, 0) is 141 Å². The van der Waals surface area contributed by atoms with E-state index in [2.05, 4.69) is 9.71 Å². The zero-order chi connectivity index (χ0) is 52.8. The number of ether oxygens (including phenoxy) is 6. The Labute approximate surface area is 423 Å². The van der Waals surface area contributed by atoms with Gasteiger partial charge in [0.1, 0.15) is 23.1 Å². The summed E-state index contributed by atoms with van der Waals surface area (Å²) in [5, 5.41) is 10.8. The van der Waals surface area contributed by atoms with Crippen LogP contribution in [0.2, 0.25) is 0 Å². The molecule has 72 heavy (non-hydrogen) atoms. The summed E-state index contributed by atoms with van der Waals surface area (Å²) in [5.41, 5.74) is -3.44. The number of amides is 2. The van der Waals surface area contributed by atoms with Gasteiger partial charge < -0.3 is 38.4 Å². The molecule has 2 N–H and O–H groups in total. The highest BCUT2D eigenvalue weighted by Gasteiger charge is 2.62. The lowest BCUT2D eigenvalue weighted by Gasteiger charge is -2.34. The minimum atomic E-state index is -4.41. The average Bonchev–Trinajstić information content (AvgIpc) is 4.17. The van der Waals surface area contributed by atoms with Crippen molar-refractivity contribution >= 4 is 56.6 Å². The molecule has 20 heteroatoms. The zero-order valence-corrected chi connectivity index (χ0v) is 44.1. The number of Topliss-reactive ketones (excluding diaryl/α,β-unsaturated/α-hetero) is 1. The summed E-state index contributed by atoms with van der Waals surface area (Å²) in [6.07, 6.45) is 5.07. The van der Waals surface area contributed by atoms with E-state index in [0.29, 0.717) is 89.4 Å². The zero-order valence-electron chi connectivity index (χ0n) is 43.3. The van der Waals surface area contributed by atoms with E-state index >= 15 is 0 Å². The van der Waals surface area contributed by atoms with Crippen LogP contribution in [-0.4, -0.2) is 128 Å². The van der Waals surface area contributed by atoms with Crippen molar-refractivity contribution in [2.75, 3.05) is 40.1 Å². The second kappa shape index (κ2) is 23.1. The minimum absolute atomic E-state index is 0.00349. The van der Waals surface area contributed by atoms with Gasteiger partial charge in [0.15, 0.2) is 5.78 Å². The summed E-state index contributed by atoms with van der Waals surface area (Å²) < 4.78 is 66.4. The van der Waals surface area contributed by atoms with Crippen LogP contribution in [0.1, 0.15) is 132 Å². The highest BCUT2D eigenvalue weighted by atomic mass is 32.2. The number of ketones is 1. The quantitative estimate of drug-likeness (QED) is 0.142. The fourth-order valence-electron chi connectivity index (χ4n) is 10.1. The van der Waals surface area contributed by atoms with Crippen LogP contribution in [0.25, 0.3) is 10.8 Å². The Kier molecular flexibility index (Phi) is 18.1. The van der Waals surface area contributed by atoms with Crippen molar-refractivity contribution in [3.63, 3.8) is 0 Å². The topological polar surface area (TPSA) is 250 Å². The molecule has 1 aromatic heterocycles. The van der Waals surface area contributed by atoms with Crippen LogP contribution in [-0.2, 0) is 62.2 Å². The van der Waals surface area contributed by atoms with E-state index in [9.17, 15) is 42.3 Å². The lowest BCUT2D eigenvalue weighted by molar-refractivity contribution is -0.162. The SMILES string of the molecule is CC(C)(C)OC(=O)C[C@H](C(=O)O)C1CCOCC1.CC[C@@H]1C[C@]1(CC(=O)[C@@H]1C[C@@H](Oc2nccc3cc(OC)ccc23)CN1C(=O)[C@@H](CC(=O)OC(C)(C)C)C1CCOCC1)C(=O)NS(=O)(=O)OC1(C)CC1. The van der Waals surface area contributed by atoms with E-state index in [1.807, 2.05) is 25.1 Å². The predicted octanol–water partition coefficient (Wildman–Crippen LogP) is 6.52. The van der Waals surface area contributed by atoms with Gasteiger partial charge in [-0.3, -0.25) is 28.8 Å². The average molecular weight is 1030 g/mol. The summed E-state index contributed by atoms with van der Waals surface area (Å²) in [6, 6.07) is 6.32. The number of nitrogens with one attached hydrogen (secondary N) is 1. The van der Waals surface area contributed by atoms with Gasteiger partial charge in [-0.2, -0.15) is 8.42 Å². The molecular weight excluding hydrogens is 955 g/mol. The van der Waals surface area contributed by atoms with Crippen molar-refractivity contribution in [1.82, 2.24) is 14.6 Å². The number of nitrogens with zero attached hydrogens (tertiary/aromatic N) is 2. The molecule has 4 heterocycles. The molecule has 19 nitrogen and oxygen atoms in total. The number of benzene rings is 1. The second-order valence-corrected chi connectivity index (χ2v) is 23.5. The number of aliphatic carboxylic acids is 1. The maximum atomic E-state index is 14.8. The molecule has 2 saturated carbocycles. The number of hydrogen-bond donors (Lipinski definition) is 2. The molecule has 3 saturated heterocycles.